The van der Waals surface area contributed by atoms with E-state index in [9.17, 15) is 9.18 Å². The summed E-state index contributed by atoms with van der Waals surface area (Å²) in [6.45, 7) is 6.69. The Morgan fingerprint density at radius 1 is 1.33 bits per heavy atom. The maximum atomic E-state index is 13.6. The first-order valence-electron chi connectivity index (χ1n) is 10.6. The van der Waals surface area contributed by atoms with Gasteiger partial charge in [0, 0.05) is 24.2 Å². The van der Waals surface area contributed by atoms with Crippen molar-refractivity contribution in [2.75, 3.05) is 26.3 Å². The number of halogens is 1. The molecule has 3 heterocycles. The van der Waals surface area contributed by atoms with Gasteiger partial charge in [0.25, 0.3) is 0 Å². The monoisotopic (exact) mass is 416 g/mol. The number of aryl methyl sites for hydroxylation is 2. The summed E-state index contributed by atoms with van der Waals surface area (Å²) in [4.78, 5) is 14.4. The second kappa shape index (κ2) is 8.86. The molecule has 2 fully saturated rings. The zero-order chi connectivity index (χ0) is 21.1. The summed E-state index contributed by atoms with van der Waals surface area (Å²) in [5.41, 5.74) is 2.29. The molecule has 1 spiro atoms. The number of carbonyl (C=O) groups excluding carboxylic acids is 1. The van der Waals surface area contributed by atoms with E-state index in [1.165, 1.54) is 6.07 Å². The van der Waals surface area contributed by atoms with Crippen LogP contribution in [0.5, 0.6) is 0 Å². The van der Waals surface area contributed by atoms with Crippen LogP contribution in [0.4, 0.5) is 4.39 Å². The van der Waals surface area contributed by atoms with Crippen molar-refractivity contribution in [2.45, 2.75) is 51.7 Å². The summed E-state index contributed by atoms with van der Waals surface area (Å²) in [7, 11) is 0. The third-order valence-electron chi connectivity index (χ3n) is 6.25. The first-order valence-corrected chi connectivity index (χ1v) is 10.6. The zero-order valence-corrected chi connectivity index (χ0v) is 17.7. The van der Waals surface area contributed by atoms with Gasteiger partial charge in [0.2, 0.25) is 5.91 Å². The topological polar surface area (TPSA) is 64.8 Å². The number of hydrogen-bond acceptors (Lipinski definition) is 5. The predicted octanol–water partition coefficient (Wildman–Crippen LogP) is 3.59. The molecule has 0 bridgehead atoms. The van der Waals surface area contributed by atoms with Gasteiger partial charge in [0.1, 0.15) is 17.2 Å². The fourth-order valence-electron chi connectivity index (χ4n) is 4.47. The lowest BCUT2D eigenvalue weighted by Crippen LogP contribution is -2.63. The predicted molar refractivity (Wildman–Crippen MR) is 108 cm³/mol. The molecular weight excluding hydrogens is 387 g/mol. The van der Waals surface area contributed by atoms with Gasteiger partial charge < -0.3 is 18.9 Å². The molecule has 2 saturated heterocycles. The molecular formula is C23H29FN2O4. The van der Waals surface area contributed by atoms with E-state index in [2.05, 4.69) is 5.16 Å². The van der Waals surface area contributed by atoms with Crippen molar-refractivity contribution in [3.05, 3.63) is 52.7 Å². The molecule has 0 radical (unpaired) electrons. The summed E-state index contributed by atoms with van der Waals surface area (Å²) >= 11 is 0. The SMILES string of the molecule is Cc1noc(C)c1CCC(=O)N1CC2(CC(CCOCc3ccccc3F)CO2)C1. The maximum absolute atomic E-state index is 13.6. The summed E-state index contributed by atoms with van der Waals surface area (Å²) in [5.74, 6) is 1.14. The van der Waals surface area contributed by atoms with E-state index in [0.29, 0.717) is 57.2 Å². The van der Waals surface area contributed by atoms with Crippen LogP contribution in [0, 0.1) is 25.6 Å². The van der Waals surface area contributed by atoms with Gasteiger partial charge in [-0.25, -0.2) is 4.39 Å². The summed E-state index contributed by atoms with van der Waals surface area (Å²) < 4.78 is 30.5. The molecule has 0 saturated carbocycles. The van der Waals surface area contributed by atoms with Gasteiger partial charge >= 0.3 is 0 Å². The first kappa shape index (κ1) is 21.0. The van der Waals surface area contributed by atoms with Crippen LogP contribution in [0.1, 0.15) is 41.8 Å². The summed E-state index contributed by atoms with van der Waals surface area (Å²) in [5, 5.41) is 3.94. The normalized spacial score (nSPS) is 20.0. The van der Waals surface area contributed by atoms with Crippen LogP contribution in [0.3, 0.4) is 0 Å². The summed E-state index contributed by atoms with van der Waals surface area (Å²) in [6.07, 6.45) is 2.96. The second-order valence-corrected chi connectivity index (χ2v) is 8.55. The number of carbonyl (C=O) groups is 1. The van der Waals surface area contributed by atoms with E-state index in [1.54, 1.807) is 12.1 Å². The number of likely N-dealkylation sites (tertiary alicyclic amines) is 1. The number of nitrogens with zero attached hydrogens (tertiary/aromatic N) is 2. The fourth-order valence-corrected chi connectivity index (χ4v) is 4.47. The molecule has 0 N–H and O–H groups in total. The molecule has 30 heavy (non-hydrogen) atoms. The quantitative estimate of drug-likeness (QED) is 0.616. The zero-order valence-electron chi connectivity index (χ0n) is 17.7. The van der Waals surface area contributed by atoms with Crippen molar-refractivity contribution in [1.29, 1.82) is 0 Å². The third kappa shape index (κ3) is 4.57. The van der Waals surface area contributed by atoms with Crippen LogP contribution in [-0.2, 0) is 27.3 Å². The lowest BCUT2D eigenvalue weighted by molar-refractivity contribution is -0.157. The fraction of sp³-hybridized carbons (Fsp3) is 0.565. The van der Waals surface area contributed by atoms with Gasteiger partial charge in [0.05, 0.1) is 32.0 Å². The molecule has 7 heteroatoms. The van der Waals surface area contributed by atoms with Crippen LogP contribution in [0.2, 0.25) is 0 Å². The minimum atomic E-state index is -0.228. The molecule has 1 unspecified atom stereocenters. The summed E-state index contributed by atoms with van der Waals surface area (Å²) in [6, 6.07) is 6.69. The lowest BCUT2D eigenvalue weighted by Gasteiger charge is -2.47. The second-order valence-electron chi connectivity index (χ2n) is 8.55. The smallest absolute Gasteiger partial charge is 0.223 e. The van der Waals surface area contributed by atoms with Crippen LogP contribution >= 0.6 is 0 Å². The van der Waals surface area contributed by atoms with Crippen molar-refractivity contribution in [3.8, 4) is 0 Å². The standard InChI is InChI=1S/C23H29FN2O4/c1-16-20(17(2)30-25-16)7-8-22(27)26-14-23(15-26)11-18(12-29-23)9-10-28-13-19-5-3-4-6-21(19)24/h3-6,18H,7-15H2,1-2H3. The van der Waals surface area contributed by atoms with Gasteiger partial charge in [0.15, 0.2) is 0 Å². The molecule has 162 valence electrons. The van der Waals surface area contributed by atoms with Gasteiger partial charge in [-0.2, -0.15) is 0 Å². The average molecular weight is 416 g/mol. The van der Waals surface area contributed by atoms with E-state index in [4.69, 9.17) is 14.0 Å². The highest BCUT2D eigenvalue weighted by atomic mass is 19.1. The Morgan fingerprint density at radius 2 is 2.13 bits per heavy atom. The van der Waals surface area contributed by atoms with Crippen molar-refractivity contribution < 1.29 is 23.2 Å². The molecule has 0 aliphatic carbocycles. The molecule has 2 aliphatic rings. The minimum absolute atomic E-state index is 0.154. The Labute approximate surface area is 176 Å². The van der Waals surface area contributed by atoms with Gasteiger partial charge in [-0.05, 0) is 45.1 Å². The Hall–Kier alpha value is -2.25. The van der Waals surface area contributed by atoms with Crippen molar-refractivity contribution in [2.24, 2.45) is 5.92 Å². The number of ether oxygens (including phenoxy) is 2. The van der Waals surface area contributed by atoms with Crippen LogP contribution < -0.4 is 0 Å². The van der Waals surface area contributed by atoms with Crippen LogP contribution in [0.25, 0.3) is 0 Å². The number of amides is 1. The lowest BCUT2D eigenvalue weighted by atomic mass is 9.85. The minimum Gasteiger partial charge on any atom is -0.377 e. The largest absolute Gasteiger partial charge is 0.377 e. The maximum Gasteiger partial charge on any atom is 0.223 e. The number of rotatable bonds is 8. The van der Waals surface area contributed by atoms with Crippen LogP contribution in [-0.4, -0.2) is 47.9 Å². The van der Waals surface area contributed by atoms with E-state index in [0.717, 1.165) is 29.9 Å². The average Bonchev–Trinajstić information content (AvgIpc) is 3.27. The van der Waals surface area contributed by atoms with Crippen molar-refractivity contribution in [3.63, 3.8) is 0 Å². The van der Waals surface area contributed by atoms with Crippen molar-refractivity contribution >= 4 is 5.91 Å². The molecule has 1 amide bonds. The van der Waals surface area contributed by atoms with Gasteiger partial charge in [-0.3, -0.25) is 4.79 Å². The molecule has 1 aromatic carbocycles. The molecule has 1 aromatic heterocycles. The molecule has 2 aromatic rings. The van der Waals surface area contributed by atoms with E-state index in [-0.39, 0.29) is 17.3 Å². The van der Waals surface area contributed by atoms with E-state index < -0.39 is 0 Å². The molecule has 6 nitrogen and oxygen atoms in total. The molecule has 1 atom stereocenters. The number of aromatic nitrogens is 1. The number of hydrogen-bond donors (Lipinski definition) is 0. The van der Waals surface area contributed by atoms with Gasteiger partial charge in [-0.15, -0.1) is 0 Å². The van der Waals surface area contributed by atoms with Crippen LogP contribution in [0.15, 0.2) is 28.8 Å². The Bertz CT molecular complexity index is 872. The Morgan fingerprint density at radius 3 is 2.87 bits per heavy atom. The van der Waals surface area contributed by atoms with E-state index >= 15 is 0 Å². The Kier molecular flexibility index (Phi) is 6.20. The Balaban J connectivity index is 1.15. The molecule has 2 aliphatic heterocycles. The highest BCUT2D eigenvalue weighted by Gasteiger charge is 2.50. The highest BCUT2D eigenvalue weighted by molar-refractivity contribution is 5.77. The highest BCUT2D eigenvalue weighted by Crippen LogP contribution is 2.39. The van der Waals surface area contributed by atoms with Gasteiger partial charge in [-0.1, -0.05) is 23.4 Å². The number of benzene rings is 1. The first-order chi connectivity index (χ1) is 14.5. The van der Waals surface area contributed by atoms with E-state index in [1.807, 2.05) is 24.8 Å². The third-order valence-corrected chi connectivity index (χ3v) is 6.25. The van der Waals surface area contributed by atoms with Crippen molar-refractivity contribution in [1.82, 2.24) is 10.1 Å². The molecule has 4 rings (SSSR count).